The maximum absolute atomic E-state index is 13.1. The fourth-order valence-electron chi connectivity index (χ4n) is 3.07. The van der Waals surface area contributed by atoms with E-state index in [1.54, 1.807) is 0 Å². The Morgan fingerprint density at radius 3 is 2.44 bits per heavy atom. The minimum absolute atomic E-state index is 0.0644. The number of carbonyl (C=O) groups is 1. The topological polar surface area (TPSA) is 101 Å². The van der Waals surface area contributed by atoms with E-state index < -0.39 is 65.0 Å². The third-order valence-corrected chi connectivity index (χ3v) is 4.48. The lowest BCUT2D eigenvalue weighted by Gasteiger charge is -2.18. The number of hydrogen-bond acceptors (Lipinski definition) is 5. The van der Waals surface area contributed by atoms with Gasteiger partial charge in [-0.3, -0.25) is 9.59 Å². The zero-order chi connectivity index (χ0) is 25.3. The lowest BCUT2D eigenvalue weighted by molar-refractivity contribution is -0.274. The van der Waals surface area contributed by atoms with Crippen LogP contribution >= 0.6 is 0 Å². The molecule has 1 atom stereocenters. The monoisotopic (exact) mass is 490 g/mol. The van der Waals surface area contributed by atoms with Gasteiger partial charge in [0.15, 0.2) is 5.75 Å². The highest BCUT2D eigenvalue weighted by atomic mass is 19.4. The Balaban J connectivity index is 1.84. The minimum Gasteiger partial charge on any atom is -0.502 e. The maximum Gasteiger partial charge on any atom is 0.573 e. The van der Waals surface area contributed by atoms with E-state index in [-0.39, 0.29) is 10.9 Å². The van der Waals surface area contributed by atoms with Crippen LogP contribution in [0.4, 0.5) is 26.3 Å². The van der Waals surface area contributed by atoms with Crippen LogP contribution in [-0.4, -0.2) is 35.0 Å². The maximum atomic E-state index is 13.1. The van der Waals surface area contributed by atoms with Gasteiger partial charge < -0.3 is 24.9 Å². The molecule has 1 aromatic heterocycles. The quantitative estimate of drug-likeness (QED) is 0.447. The first kappa shape index (κ1) is 24.7. The number of amides is 1. The summed E-state index contributed by atoms with van der Waals surface area (Å²) >= 11 is 0. The molecule has 0 spiro atoms. The highest BCUT2D eigenvalue weighted by Crippen LogP contribution is 2.36. The largest absolute Gasteiger partial charge is 0.573 e. The average Bonchev–Trinajstić information content (AvgIpc) is 2.72. The van der Waals surface area contributed by atoms with Crippen molar-refractivity contribution in [3.63, 3.8) is 0 Å². The number of H-pyrrole nitrogens is 1. The number of ether oxygens (including phenoxy) is 2. The van der Waals surface area contributed by atoms with Crippen LogP contribution in [0.15, 0.2) is 47.3 Å². The van der Waals surface area contributed by atoms with E-state index in [4.69, 9.17) is 4.74 Å². The van der Waals surface area contributed by atoms with Crippen molar-refractivity contribution in [2.75, 3.05) is 6.61 Å². The fraction of sp³-hybridized carbons (Fsp3) is 0.238. The van der Waals surface area contributed by atoms with Crippen LogP contribution in [-0.2, 0) is 6.18 Å². The van der Waals surface area contributed by atoms with Gasteiger partial charge >= 0.3 is 12.5 Å². The van der Waals surface area contributed by atoms with E-state index in [2.05, 4.69) is 15.0 Å². The number of aromatic nitrogens is 1. The molecule has 0 saturated carbocycles. The Labute approximate surface area is 186 Å². The lowest BCUT2D eigenvalue weighted by atomic mass is 10.1. The molecule has 2 aromatic carbocycles. The van der Waals surface area contributed by atoms with Crippen molar-refractivity contribution in [1.29, 1.82) is 0 Å². The van der Waals surface area contributed by atoms with Crippen LogP contribution < -0.4 is 20.3 Å². The minimum atomic E-state index is -5.03. The Kier molecular flexibility index (Phi) is 6.66. The standard InChI is InChI=1S/C21H16F6N2O5/c1-10(9-33-15-5-3-2-4-13(15)20(22,23)24)28-18(31)16-12-8-11(34-21(25,26)27)6-7-14(12)29-19(32)17(16)30/h2-8,10,30H,9H2,1H3,(H,28,31)(H,29,32)/t10-/m1/s1. The number of aromatic hydroxyl groups is 1. The summed E-state index contributed by atoms with van der Waals surface area (Å²) in [6.45, 7) is 0.946. The van der Waals surface area contributed by atoms with Crippen LogP contribution in [0.25, 0.3) is 10.9 Å². The molecule has 3 aromatic rings. The van der Waals surface area contributed by atoms with Gasteiger partial charge in [0.05, 0.1) is 17.2 Å². The van der Waals surface area contributed by atoms with Gasteiger partial charge in [-0.1, -0.05) is 12.1 Å². The molecular formula is C21H16F6N2O5. The van der Waals surface area contributed by atoms with E-state index in [0.717, 1.165) is 30.3 Å². The van der Waals surface area contributed by atoms with Crippen molar-refractivity contribution in [2.45, 2.75) is 25.5 Å². The van der Waals surface area contributed by atoms with Crippen molar-refractivity contribution >= 4 is 16.8 Å². The number of rotatable bonds is 6. The van der Waals surface area contributed by atoms with E-state index >= 15 is 0 Å². The first-order valence-corrected chi connectivity index (χ1v) is 9.51. The molecule has 0 aliphatic heterocycles. The number of fused-ring (bicyclic) bond motifs is 1. The van der Waals surface area contributed by atoms with Gasteiger partial charge in [0.25, 0.3) is 11.5 Å². The van der Waals surface area contributed by atoms with Gasteiger partial charge in [-0.2, -0.15) is 13.2 Å². The Hall–Kier alpha value is -3.90. The molecule has 0 radical (unpaired) electrons. The second kappa shape index (κ2) is 9.15. The summed E-state index contributed by atoms with van der Waals surface area (Å²) in [4.78, 5) is 26.9. The van der Waals surface area contributed by atoms with Crippen molar-refractivity contribution < 1.29 is 45.7 Å². The van der Waals surface area contributed by atoms with Crippen LogP contribution in [0.5, 0.6) is 17.2 Å². The van der Waals surface area contributed by atoms with E-state index in [9.17, 15) is 41.0 Å². The fourth-order valence-corrected chi connectivity index (χ4v) is 3.07. The Morgan fingerprint density at radius 2 is 1.79 bits per heavy atom. The van der Waals surface area contributed by atoms with Gasteiger partial charge in [0.2, 0.25) is 0 Å². The molecule has 0 aliphatic carbocycles. The van der Waals surface area contributed by atoms with Crippen LogP contribution in [0.3, 0.4) is 0 Å². The molecule has 34 heavy (non-hydrogen) atoms. The number of aromatic amines is 1. The summed E-state index contributed by atoms with van der Waals surface area (Å²) in [5.41, 5.74) is -2.81. The summed E-state index contributed by atoms with van der Waals surface area (Å²) in [7, 11) is 0. The summed E-state index contributed by atoms with van der Waals surface area (Å²) in [6.07, 6.45) is -9.70. The molecule has 3 rings (SSSR count). The lowest BCUT2D eigenvalue weighted by Crippen LogP contribution is -2.37. The SMILES string of the molecule is C[C@H](COc1ccccc1C(F)(F)F)NC(=O)c1c(O)c(=O)[nH]c2ccc(OC(F)(F)F)cc12. The molecule has 1 amide bonds. The predicted molar refractivity (Wildman–Crippen MR) is 107 cm³/mol. The molecule has 7 nitrogen and oxygen atoms in total. The molecule has 0 saturated heterocycles. The number of alkyl halides is 6. The third-order valence-electron chi connectivity index (χ3n) is 4.48. The number of hydrogen-bond donors (Lipinski definition) is 3. The smallest absolute Gasteiger partial charge is 0.502 e. The number of carbonyl (C=O) groups excluding carboxylic acids is 1. The van der Waals surface area contributed by atoms with E-state index in [0.29, 0.717) is 0 Å². The van der Waals surface area contributed by atoms with Gasteiger partial charge in [0, 0.05) is 10.9 Å². The van der Waals surface area contributed by atoms with Crippen LogP contribution in [0, 0.1) is 0 Å². The number of para-hydroxylation sites is 1. The third kappa shape index (κ3) is 5.71. The Bertz CT molecular complexity index is 1270. The van der Waals surface area contributed by atoms with Gasteiger partial charge in [0.1, 0.15) is 18.1 Å². The van der Waals surface area contributed by atoms with Crippen LogP contribution in [0.2, 0.25) is 0 Å². The predicted octanol–water partition coefficient (Wildman–Crippen LogP) is 4.35. The van der Waals surface area contributed by atoms with Crippen molar-refractivity contribution in [3.05, 3.63) is 63.9 Å². The van der Waals surface area contributed by atoms with Gasteiger partial charge in [-0.15, -0.1) is 13.2 Å². The summed E-state index contributed by atoms with van der Waals surface area (Å²) in [5, 5.41) is 12.2. The molecule has 182 valence electrons. The Morgan fingerprint density at radius 1 is 1.12 bits per heavy atom. The first-order valence-electron chi connectivity index (χ1n) is 9.51. The second-order valence-corrected chi connectivity index (χ2v) is 7.11. The molecule has 13 heteroatoms. The van der Waals surface area contributed by atoms with Crippen molar-refractivity contribution in [2.24, 2.45) is 0 Å². The van der Waals surface area contributed by atoms with Gasteiger partial charge in [-0.25, -0.2) is 0 Å². The van der Waals surface area contributed by atoms with E-state index in [1.165, 1.54) is 19.1 Å². The summed E-state index contributed by atoms with van der Waals surface area (Å²) in [6, 6.07) is 6.24. The molecule has 3 N–H and O–H groups in total. The summed E-state index contributed by atoms with van der Waals surface area (Å²) < 4.78 is 85.9. The number of benzene rings is 2. The van der Waals surface area contributed by atoms with E-state index in [1.807, 2.05) is 0 Å². The summed E-state index contributed by atoms with van der Waals surface area (Å²) in [5.74, 6) is -3.32. The first-order chi connectivity index (χ1) is 15.8. The number of nitrogens with one attached hydrogen (secondary N) is 2. The molecule has 0 fully saturated rings. The van der Waals surface area contributed by atoms with Crippen molar-refractivity contribution in [3.8, 4) is 17.2 Å². The molecule has 0 aliphatic rings. The zero-order valence-electron chi connectivity index (χ0n) is 17.2. The average molecular weight is 490 g/mol. The zero-order valence-corrected chi connectivity index (χ0v) is 17.2. The molecule has 0 unspecified atom stereocenters. The molecule has 1 heterocycles. The second-order valence-electron chi connectivity index (χ2n) is 7.11. The number of halogens is 6. The highest BCUT2D eigenvalue weighted by molar-refractivity contribution is 6.08. The number of pyridine rings is 1. The normalized spacial score (nSPS) is 12.9. The molecule has 0 bridgehead atoms. The molecular weight excluding hydrogens is 474 g/mol. The van der Waals surface area contributed by atoms with Gasteiger partial charge in [-0.05, 0) is 37.3 Å². The van der Waals surface area contributed by atoms with Crippen molar-refractivity contribution in [1.82, 2.24) is 10.3 Å². The highest BCUT2D eigenvalue weighted by Gasteiger charge is 2.34. The van der Waals surface area contributed by atoms with Crippen LogP contribution in [0.1, 0.15) is 22.8 Å².